The van der Waals surface area contributed by atoms with Crippen molar-refractivity contribution in [3.63, 3.8) is 0 Å². The van der Waals surface area contributed by atoms with Gasteiger partial charge in [0.25, 0.3) is 5.69 Å². The van der Waals surface area contributed by atoms with Crippen molar-refractivity contribution in [2.24, 2.45) is 5.92 Å². The average Bonchev–Trinajstić information content (AvgIpc) is 2.61. The summed E-state index contributed by atoms with van der Waals surface area (Å²) in [6, 6.07) is 3.97. The van der Waals surface area contributed by atoms with Gasteiger partial charge in [-0.15, -0.1) is 0 Å². The lowest BCUT2D eigenvalue weighted by Crippen LogP contribution is -2.41. The molecule has 8 nitrogen and oxygen atoms in total. The number of nitrogens with zero attached hydrogens (tertiary/aromatic N) is 2. The first-order valence-corrected chi connectivity index (χ1v) is 9.84. The Labute approximate surface area is 148 Å². The summed E-state index contributed by atoms with van der Waals surface area (Å²) in [7, 11) is -3.84. The molecule has 0 bridgehead atoms. The number of rotatable bonds is 7. The van der Waals surface area contributed by atoms with Gasteiger partial charge in [-0.05, 0) is 18.9 Å². The molecule has 1 aromatic carbocycles. The second-order valence-electron chi connectivity index (χ2n) is 6.27. The number of nitro benzene ring substituents is 1. The molecule has 0 amide bonds. The van der Waals surface area contributed by atoms with Crippen molar-refractivity contribution in [2.45, 2.75) is 38.1 Å². The number of sulfonamides is 1. The third-order valence-electron chi connectivity index (χ3n) is 4.64. The molecule has 1 N–H and O–H groups in total. The summed E-state index contributed by atoms with van der Waals surface area (Å²) in [6.45, 7) is 7.22. The summed E-state index contributed by atoms with van der Waals surface area (Å²) in [6.07, 6.45) is 0.937. The molecule has 0 saturated carbocycles. The number of hydrogen-bond acceptors (Lipinski definition) is 6. The van der Waals surface area contributed by atoms with Crippen LogP contribution in [0.25, 0.3) is 0 Å². The zero-order chi connectivity index (χ0) is 18.6. The van der Waals surface area contributed by atoms with E-state index in [2.05, 4.69) is 19.2 Å². The number of ether oxygens (including phenoxy) is 1. The van der Waals surface area contributed by atoms with Crippen LogP contribution in [0.15, 0.2) is 23.1 Å². The lowest BCUT2D eigenvalue weighted by Gasteiger charge is -2.28. The van der Waals surface area contributed by atoms with Crippen LogP contribution in [0.4, 0.5) is 11.4 Å². The van der Waals surface area contributed by atoms with Crippen LogP contribution in [0.1, 0.15) is 27.2 Å². The van der Waals surface area contributed by atoms with Crippen LogP contribution >= 0.6 is 0 Å². The van der Waals surface area contributed by atoms with Crippen LogP contribution in [0, 0.1) is 16.0 Å². The number of nitrogens with one attached hydrogen (secondary N) is 1. The SMILES string of the molecule is CCC(C)C(C)Nc1ccc([N+](=O)[O-])cc1S(=O)(=O)N1CCOCC1. The summed E-state index contributed by atoms with van der Waals surface area (Å²) in [5.74, 6) is 0.328. The van der Waals surface area contributed by atoms with Crippen LogP contribution in [-0.2, 0) is 14.8 Å². The maximum Gasteiger partial charge on any atom is 0.270 e. The second kappa shape index (κ2) is 8.11. The summed E-state index contributed by atoms with van der Waals surface area (Å²) in [5.41, 5.74) is 0.151. The van der Waals surface area contributed by atoms with Crippen LogP contribution in [0.2, 0.25) is 0 Å². The molecule has 1 saturated heterocycles. The molecule has 1 aliphatic rings. The van der Waals surface area contributed by atoms with Gasteiger partial charge in [0.1, 0.15) is 4.90 Å². The molecule has 1 fully saturated rings. The van der Waals surface area contributed by atoms with Crippen LogP contribution in [0.5, 0.6) is 0 Å². The minimum absolute atomic E-state index is 0.0325. The van der Waals surface area contributed by atoms with Gasteiger partial charge in [0.05, 0.1) is 23.8 Å². The maximum absolute atomic E-state index is 13.0. The Balaban J connectivity index is 2.44. The third-order valence-corrected chi connectivity index (χ3v) is 6.58. The van der Waals surface area contributed by atoms with Crippen molar-refractivity contribution in [1.29, 1.82) is 0 Å². The smallest absolute Gasteiger partial charge is 0.270 e. The Hall–Kier alpha value is -1.71. The standard InChI is InChI=1S/C16H25N3O5S/c1-4-12(2)13(3)17-15-6-5-14(19(20)21)11-16(15)25(22,23)18-7-9-24-10-8-18/h5-6,11-13,17H,4,7-10H2,1-3H3. The molecule has 2 atom stereocenters. The third kappa shape index (κ3) is 4.47. The quantitative estimate of drug-likeness (QED) is 0.583. The molecule has 1 heterocycles. The first kappa shape index (κ1) is 19.6. The van der Waals surface area contributed by atoms with E-state index in [-0.39, 0.29) is 29.7 Å². The first-order chi connectivity index (χ1) is 11.8. The molecular weight excluding hydrogens is 346 g/mol. The molecule has 1 aliphatic heterocycles. The molecule has 2 rings (SSSR count). The molecule has 2 unspecified atom stereocenters. The zero-order valence-corrected chi connectivity index (χ0v) is 15.6. The highest BCUT2D eigenvalue weighted by molar-refractivity contribution is 7.89. The summed E-state index contributed by atoms with van der Waals surface area (Å²) >= 11 is 0. The minimum atomic E-state index is -3.84. The van der Waals surface area contributed by atoms with Gasteiger partial charge in [-0.2, -0.15) is 4.31 Å². The van der Waals surface area contributed by atoms with Crippen molar-refractivity contribution in [1.82, 2.24) is 4.31 Å². The van der Waals surface area contributed by atoms with E-state index in [4.69, 9.17) is 4.74 Å². The molecule has 1 aromatic rings. The molecule has 9 heteroatoms. The van der Waals surface area contributed by atoms with E-state index in [0.29, 0.717) is 24.8 Å². The predicted molar refractivity (Wildman–Crippen MR) is 95.2 cm³/mol. The monoisotopic (exact) mass is 371 g/mol. The second-order valence-corrected chi connectivity index (χ2v) is 8.18. The minimum Gasteiger partial charge on any atom is -0.381 e. The van der Waals surface area contributed by atoms with Gasteiger partial charge in [-0.25, -0.2) is 8.42 Å². The molecule has 0 aliphatic carbocycles. The Bertz CT molecular complexity index is 716. The van der Waals surface area contributed by atoms with Gasteiger partial charge < -0.3 is 10.1 Å². The Morgan fingerprint density at radius 1 is 1.32 bits per heavy atom. The summed E-state index contributed by atoms with van der Waals surface area (Å²) < 4.78 is 32.5. The van der Waals surface area contributed by atoms with E-state index in [0.717, 1.165) is 12.5 Å². The highest BCUT2D eigenvalue weighted by Crippen LogP contribution is 2.30. The number of benzene rings is 1. The van der Waals surface area contributed by atoms with Gasteiger partial charge in [0.15, 0.2) is 0 Å². The van der Waals surface area contributed by atoms with Gasteiger partial charge >= 0.3 is 0 Å². The van der Waals surface area contributed by atoms with Gasteiger partial charge in [0, 0.05) is 31.3 Å². The Morgan fingerprint density at radius 2 is 1.96 bits per heavy atom. The van der Waals surface area contributed by atoms with Crippen molar-refractivity contribution in [2.75, 3.05) is 31.6 Å². The van der Waals surface area contributed by atoms with Gasteiger partial charge in [-0.1, -0.05) is 20.3 Å². The number of anilines is 1. The molecular formula is C16H25N3O5S. The molecule has 0 spiro atoms. The first-order valence-electron chi connectivity index (χ1n) is 8.40. The van der Waals surface area contributed by atoms with E-state index >= 15 is 0 Å². The Kier molecular flexibility index (Phi) is 6.36. The topological polar surface area (TPSA) is 102 Å². The maximum atomic E-state index is 13.0. The van der Waals surface area contributed by atoms with E-state index < -0.39 is 14.9 Å². The van der Waals surface area contributed by atoms with Crippen molar-refractivity contribution in [3.05, 3.63) is 28.3 Å². The summed E-state index contributed by atoms with van der Waals surface area (Å²) in [4.78, 5) is 10.5. The van der Waals surface area contributed by atoms with Crippen molar-refractivity contribution < 1.29 is 18.1 Å². The number of hydrogen-bond donors (Lipinski definition) is 1. The fourth-order valence-electron chi connectivity index (χ4n) is 2.62. The van der Waals surface area contributed by atoms with Crippen LogP contribution in [0.3, 0.4) is 0 Å². The number of nitro groups is 1. The van der Waals surface area contributed by atoms with E-state index in [1.165, 1.54) is 16.4 Å². The largest absolute Gasteiger partial charge is 0.381 e. The molecule has 25 heavy (non-hydrogen) atoms. The van der Waals surface area contributed by atoms with Crippen molar-refractivity contribution >= 4 is 21.4 Å². The molecule has 0 radical (unpaired) electrons. The van der Waals surface area contributed by atoms with Crippen LogP contribution < -0.4 is 5.32 Å². The highest BCUT2D eigenvalue weighted by Gasteiger charge is 2.31. The molecule has 0 aromatic heterocycles. The zero-order valence-electron chi connectivity index (χ0n) is 14.8. The number of non-ortho nitro benzene ring substituents is 1. The van der Waals surface area contributed by atoms with E-state index in [1.54, 1.807) is 0 Å². The van der Waals surface area contributed by atoms with Gasteiger partial charge in [0.2, 0.25) is 10.0 Å². The van der Waals surface area contributed by atoms with E-state index in [9.17, 15) is 18.5 Å². The Morgan fingerprint density at radius 3 is 2.52 bits per heavy atom. The van der Waals surface area contributed by atoms with Crippen molar-refractivity contribution in [3.8, 4) is 0 Å². The van der Waals surface area contributed by atoms with Gasteiger partial charge in [-0.3, -0.25) is 10.1 Å². The predicted octanol–water partition coefficient (Wildman–Crippen LogP) is 2.46. The highest BCUT2D eigenvalue weighted by atomic mass is 32.2. The normalized spacial score (nSPS) is 18.5. The fourth-order valence-corrected chi connectivity index (χ4v) is 4.21. The number of morpholine rings is 1. The lowest BCUT2D eigenvalue weighted by molar-refractivity contribution is -0.385. The fraction of sp³-hybridized carbons (Fsp3) is 0.625. The van der Waals surface area contributed by atoms with Crippen LogP contribution in [-0.4, -0.2) is 50.0 Å². The molecule has 140 valence electrons. The average molecular weight is 371 g/mol. The van der Waals surface area contributed by atoms with E-state index in [1.807, 2.05) is 6.92 Å². The lowest BCUT2D eigenvalue weighted by atomic mass is 10.0. The summed E-state index contributed by atoms with van der Waals surface area (Å²) in [5, 5.41) is 14.3.